The van der Waals surface area contributed by atoms with Crippen molar-refractivity contribution in [3.05, 3.63) is 65.2 Å². The lowest BCUT2D eigenvalue weighted by molar-refractivity contribution is -0.125. The first-order valence-corrected chi connectivity index (χ1v) is 7.35. The number of carbonyl (C=O) groups excluding carboxylic acids is 2. The molecular formula is C18H18N2O2. The number of carbonyl (C=O) groups is 2. The summed E-state index contributed by atoms with van der Waals surface area (Å²) in [6.45, 7) is 2.51. The molecule has 0 bridgehead atoms. The molecule has 0 fully saturated rings. The molecule has 112 valence electrons. The van der Waals surface area contributed by atoms with Crippen LogP contribution in [-0.4, -0.2) is 11.8 Å². The van der Waals surface area contributed by atoms with Crippen LogP contribution >= 0.6 is 0 Å². The summed E-state index contributed by atoms with van der Waals surface area (Å²) in [7, 11) is 0. The number of benzene rings is 2. The van der Waals surface area contributed by atoms with Gasteiger partial charge in [0, 0.05) is 18.7 Å². The predicted octanol–water partition coefficient (Wildman–Crippen LogP) is 2.74. The van der Waals surface area contributed by atoms with Crippen LogP contribution in [0, 0.1) is 6.92 Å². The monoisotopic (exact) mass is 294 g/mol. The smallest absolute Gasteiger partial charge is 0.232 e. The maximum absolute atomic E-state index is 12.1. The van der Waals surface area contributed by atoms with Crippen LogP contribution in [0.2, 0.25) is 0 Å². The average molecular weight is 294 g/mol. The fourth-order valence-corrected chi connectivity index (χ4v) is 2.64. The summed E-state index contributed by atoms with van der Waals surface area (Å²) in [5.41, 5.74) is 3.95. The van der Waals surface area contributed by atoms with Crippen molar-refractivity contribution in [1.29, 1.82) is 0 Å². The van der Waals surface area contributed by atoms with Gasteiger partial charge in [0.25, 0.3) is 0 Å². The zero-order valence-electron chi connectivity index (χ0n) is 12.4. The van der Waals surface area contributed by atoms with Crippen molar-refractivity contribution >= 4 is 17.5 Å². The van der Waals surface area contributed by atoms with E-state index in [1.165, 1.54) is 5.56 Å². The van der Waals surface area contributed by atoms with Gasteiger partial charge in [0.2, 0.25) is 11.8 Å². The van der Waals surface area contributed by atoms with Gasteiger partial charge in [-0.3, -0.25) is 9.59 Å². The van der Waals surface area contributed by atoms with Crippen LogP contribution in [-0.2, 0) is 16.1 Å². The third kappa shape index (κ3) is 3.01. The number of para-hydroxylation sites is 1. The second kappa shape index (κ2) is 6.02. The Kier molecular flexibility index (Phi) is 3.92. The number of hydrogen-bond acceptors (Lipinski definition) is 2. The van der Waals surface area contributed by atoms with Gasteiger partial charge in [-0.25, -0.2) is 0 Å². The zero-order valence-corrected chi connectivity index (χ0v) is 12.4. The Bertz CT molecular complexity index is 707. The number of fused-ring (bicyclic) bond motifs is 1. The minimum absolute atomic E-state index is 0.105. The van der Waals surface area contributed by atoms with E-state index in [4.69, 9.17) is 0 Å². The second-order valence-corrected chi connectivity index (χ2v) is 5.60. The van der Waals surface area contributed by atoms with Crippen molar-refractivity contribution in [3.63, 3.8) is 0 Å². The summed E-state index contributed by atoms with van der Waals surface area (Å²) in [6.07, 6.45) is 0.175. The van der Waals surface area contributed by atoms with Crippen molar-refractivity contribution in [1.82, 2.24) is 5.32 Å². The van der Waals surface area contributed by atoms with Crippen molar-refractivity contribution in [2.45, 2.75) is 25.8 Å². The topological polar surface area (TPSA) is 58.2 Å². The highest BCUT2D eigenvalue weighted by atomic mass is 16.2. The fraction of sp³-hybridized carbons (Fsp3) is 0.222. The molecule has 2 aromatic carbocycles. The van der Waals surface area contributed by atoms with Gasteiger partial charge >= 0.3 is 0 Å². The maximum Gasteiger partial charge on any atom is 0.232 e. The van der Waals surface area contributed by atoms with E-state index in [-0.39, 0.29) is 18.2 Å². The maximum atomic E-state index is 12.1. The van der Waals surface area contributed by atoms with Gasteiger partial charge in [0.05, 0.1) is 5.92 Å². The molecule has 4 heteroatoms. The summed E-state index contributed by atoms with van der Waals surface area (Å²) in [6, 6.07) is 15.5. The number of rotatable bonds is 4. The van der Waals surface area contributed by atoms with Crippen LogP contribution in [0.4, 0.5) is 5.69 Å². The lowest BCUT2D eigenvalue weighted by atomic mass is 9.97. The third-order valence-electron chi connectivity index (χ3n) is 3.91. The molecule has 22 heavy (non-hydrogen) atoms. The summed E-state index contributed by atoms with van der Waals surface area (Å²) in [5, 5.41) is 5.69. The van der Waals surface area contributed by atoms with E-state index >= 15 is 0 Å². The standard InChI is InChI=1S/C18H18N2O2/c1-12-6-8-13(9-7-12)11-19-17(21)10-15-14-4-2-3-5-16(14)20-18(15)22/h2-9,15H,10-11H2,1H3,(H,19,21)(H,20,22). The van der Waals surface area contributed by atoms with E-state index in [2.05, 4.69) is 10.6 Å². The Labute approximate surface area is 129 Å². The Morgan fingerprint density at radius 1 is 1.14 bits per heavy atom. The highest BCUT2D eigenvalue weighted by Gasteiger charge is 2.31. The van der Waals surface area contributed by atoms with Gasteiger partial charge in [-0.1, -0.05) is 48.0 Å². The number of anilines is 1. The van der Waals surface area contributed by atoms with Crippen LogP contribution in [0.3, 0.4) is 0 Å². The van der Waals surface area contributed by atoms with Gasteiger partial charge in [-0.2, -0.15) is 0 Å². The Balaban J connectivity index is 1.60. The van der Waals surface area contributed by atoms with Crippen LogP contribution in [0.25, 0.3) is 0 Å². The van der Waals surface area contributed by atoms with Gasteiger partial charge in [-0.05, 0) is 24.1 Å². The van der Waals surface area contributed by atoms with Crippen LogP contribution < -0.4 is 10.6 Å². The Hall–Kier alpha value is -2.62. The SMILES string of the molecule is Cc1ccc(CNC(=O)CC2C(=O)Nc3ccccc32)cc1. The first-order chi connectivity index (χ1) is 10.6. The summed E-state index contributed by atoms with van der Waals surface area (Å²) >= 11 is 0. The van der Waals surface area contributed by atoms with Gasteiger partial charge in [0.1, 0.15) is 0 Å². The van der Waals surface area contributed by atoms with E-state index < -0.39 is 5.92 Å². The number of amides is 2. The lowest BCUT2D eigenvalue weighted by Gasteiger charge is -2.10. The van der Waals surface area contributed by atoms with E-state index in [0.717, 1.165) is 16.8 Å². The second-order valence-electron chi connectivity index (χ2n) is 5.60. The third-order valence-corrected chi connectivity index (χ3v) is 3.91. The molecule has 1 atom stereocenters. The first kappa shape index (κ1) is 14.3. The molecule has 1 aliphatic heterocycles. The van der Waals surface area contributed by atoms with E-state index in [1.807, 2.05) is 55.5 Å². The normalized spacial score (nSPS) is 16.0. The van der Waals surface area contributed by atoms with E-state index in [1.54, 1.807) is 0 Å². The quantitative estimate of drug-likeness (QED) is 0.911. The van der Waals surface area contributed by atoms with Crippen molar-refractivity contribution < 1.29 is 9.59 Å². The van der Waals surface area contributed by atoms with Crippen LogP contribution in [0.15, 0.2) is 48.5 Å². The largest absolute Gasteiger partial charge is 0.352 e. The molecule has 0 saturated heterocycles. The van der Waals surface area contributed by atoms with Crippen molar-refractivity contribution in [3.8, 4) is 0 Å². The van der Waals surface area contributed by atoms with Gasteiger partial charge < -0.3 is 10.6 Å². The highest BCUT2D eigenvalue weighted by molar-refractivity contribution is 6.04. The number of nitrogens with one attached hydrogen (secondary N) is 2. The van der Waals surface area contributed by atoms with E-state index in [9.17, 15) is 9.59 Å². The average Bonchev–Trinajstić information content (AvgIpc) is 2.83. The van der Waals surface area contributed by atoms with E-state index in [0.29, 0.717) is 6.54 Å². The molecule has 0 spiro atoms. The molecule has 2 N–H and O–H groups in total. The molecule has 1 heterocycles. The van der Waals surface area contributed by atoms with Crippen molar-refractivity contribution in [2.24, 2.45) is 0 Å². The first-order valence-electron chi connectivity index (χ1n) is 7.35. The molecule has 0 saturated carbocycles. The molecule has 0 aliphatic carbocycles. The minimum atomic E-state index is -0.394. The molecule has 3 rings (SSSR count). The lowest BCUT2D eigenvalue weighted by Crippen LogP contribution is -2.26. The molecule has 0 radical (unpaired) electrons. The zero-order chi connectivity index (χ0) is 15.5. The van der Waals surface area contributed by atoms with Crippen molar-refractivity contribution in [2.75, 3.05) is 5.32 Å². The molecule has 0 aromatic heterocycles. The summed E-state index contributed by atoms with van der Waals surface area (Å²) in [5.74, 6) is -0.613. The molecule has 2 amide bonds. The number of aryl methyl sites for hydroxylation is 1. The van der Waals surface area contributed by atoms with Gasteiger partial charge in [0.15, 0.2) is 0 Å². The molecule has 1 aliphatic rings. The molecule has 2 aromatic rings. The Morgan fingerprint density at radius 3 is 2.64 bits per heavy atom. The highest BCUT2D eigenvalue weighted by Crippen LogP contribution is 2.34. The molecule has 1 unspecified atom stereocenters. The van der Waals surface area contributed by atoms with Crippen LogP contribution in [0.5, 0.6) is 0 Å². The van der Waals surface area contributed by atoms with Gasteiger partial charge in [-0.15, -0.1) is 0 Å². The minimum Gasteiger partial charge on any atom is -0.352 e. The fourth-order valence-electron chi connectivity index (χ4n) is 2.64. The molecular weight excluding hydrogens is 276 g/mol. The Morgan fingerprint density at radius 2 is 1.86 bits per heavy atom. The summed E-state index contributed by atoms with van der Waals surface area (Å²) < 4.78 is 0. The summed E-state index contributed by atoms with van der Waals surface area (Å²) in [4.78, 5) is 24.1. The molecule has 4 nitrogen and oxygen atoms in total. The number of hydrogen-bond donors (Lipinski definition) is 2. The predicted molar refractivity (Wildman–Crippen MR) is 85.5 cm³/mol. The van der Waals surface area contributed by atoms with Crippen LogP contribution in [0.1, 0.15) is 29.0 Å².